The van der Waals surface area contributed by atoms with E-state index in [9.17, 15) is 4.79 Å². The van der Waals surface area contributed by atoms with E-state index in [0.717, 1.165) is 12.0 Å². The molecular weight excluding hydrogens is 336 g/mol. The summed E-state index contributed by atoms with van der Waals surface area (Å²) in [5.41, 5.74) is 1.29. The molecule has 1 N–H and O–H groups in total. The molecule has 0 amide bonds. The van der Waals surface area contributed by atoms with E-state index >= 15 is 0 Å². The van der Waals surface area contributed by atoms with Crippen molar-refractivity contribution in [3.05, 3.63) is 52.0 Å². The number of ether oxygens (including phenoxy) is 2. The van der Waals surface area contributed by atoms with Gasteiger partial charge < -0.3 is 14.6 Å². The first kappa shape index (κ1) is 15.4. The van der Waals surface area contributed by atoms with Crippen LogP contribution in [0.15, 0.2) is 40.9 Å². The van der Waals surface area contributed by atoms with Crippen LogP contribution in [-0.2, 0) is 6.42 Å². The Morgan fingerprint density at radius 1 is 1.19 bits per heavy atom. The highest BCUT2D eigenvalue weighted by molar-refractivity contribution is 9.10. The van der Waals surface area contributed by atoms with Gasteiger partial charge in [-0.3, -0.25) is 0 Å². The lowest BCUT2D eigenvalue weighted by atomic mass is 10.1. The third kappa shape index (κ3) is 3.76. The zero-order valence-electron chi connectivity index (χ0n) is 11.7. The van der Waals surface area contributed by atoms with E-state index in [4.69, 9.17) is 14.6 Å². The molecule has 4 nitrogen and oxygen atoms in total. The molecule has 21 heavy (non-hydrogen) atoms. The van der Waals surface area contributed by atoms with Gasteiger partial charge in [0.25, 0.3) is 0 Å². The number of carboxylic acid groups (broad SMARTS) is 1. The number of carboxylic acids is 1. The minimum atomic E-state index is -1.01. The van der Waals surface area contributed by atoms with E-state index in [0.29, 0.717) is 21.7 Å². The average Bonchev–Trinajstić information content (AvgIpc) is 2.47. The highest BCUT2D eigenvalue weighted by Gasteiger charge is 2.10. The largest absolute Gasteiger partial charge is 0.493 e. The summed E-state index contributed by atoms with van der Waals surface area (Å²) in [7, 11) is 1.57. The second-order valence-corrected chi connectivity index (χ2v) is 5.34. The number of hydrogen-bond acceptors (Lipinski definition) is 3. The van der Waals surface area contributed by atoms with Crippen LogP contribution in [-0.4, -0.2) is 18.2 Å². The van der Waals surface area contributed by atoms with Crippen molar-refractivity contribution in [1.82, 2.24) is 0 Å². The zero-order valence-corrected chi connectivity index (χ0v) is 13.3. The van der Waals surface area contributed by atoms with Crippen molar-refractivity contribution in [2.24, 2.45) is 0 Å². The Morgan fingerprint density at radius 3 is 2.57 bits per heavy atom. The summed E-state index contributed by atoms with van der Waals surface area (Å²) in [6, 6.07) is 10.4. The Balaban J connectivity index is 2.35. The minimum Gasteiger partial charge on any atom is -0.493 e. The van der Waals surface area contributed by atoms with Crippen LogP contribution in [0.25, 0.3) is 0 Å². The zero-order chi connectivity index (χ0) is 15.4. The number of carbonyl (C=O) groups is 1. The van der Waals surface area contributed by atoms with Gasteiger partial charge in [0.15, 0.2) is 11.5 Å². The topological polar surface area (TPSA) is 55.8 Å². The molecule has 0 atom stereocenters. The molecule has 0 saturated carbocycles. The molecule has 0 unspecified atom stereocenters. The molecule has 5 heteroatoms. The SMILES string of the molecule is CCc1ccc(Oc2cc(Br)cc(C(=O)O)c2)c(OC)c1. The fourth-order valence-electron chi connectivity index (χ4n) is 1.89. The molecule has 0 aliphatic carbocycles. The van der Waals surface area contributed by atoms with Gasteiger partial charge in [-0.1, -0.05) is 28.9 Å². The van der Waals surface area contributed by atoms with Gasteiger partial charge >= 0.3 is 5.97 Å². The van der Waals surface area contributed by atoms with Gasteiger partial charge in [-0.15, -0.1) is 0 Å². The van der Waals surface area contributed by atoms with Crippen molar-refractivity contribution in [2.75, 3.05) is 7.11 Å². The Kier molecular flexibility index (Phi) is 4.85. The fourth-order valence-corrected chi connectivity index (χ4v) is 2.36. The molecule has 0 bridgehead atoms. The summed E-state index contributed by atoms with van der Waals surface area (Å²) >= 11 is 3.28. The average molecular weight is 351 g/mol. The van der Waals surface area contributed by atoms with E-state index < -0.39 is 5.97 Å². The summed E-state index contributed by atoms with van der Waals surface area (Å²) in [6.45, 7) is 2.06. The van der Waals surface area contributed by atoms with Gasteiger partial charge in [0.2, 0.25) is 0 Å². The van der Waals surface area contributed by atoms with Crippen LogP contribution in [0, 0.1) is 0 Å². The summed E-state index contributed by atoms with van der Waals surface area (Å²) in [4.78, 5) is 11.1. The molecule has 0 aliphatic rings. The quantitative estimate of drug-likeness (QED) is 0.861. The van der Waals surface area contributed by atoms with Crippen LogP contribution < -0.4 is 9.47 Å². The Morgan fingerprint density at radius 2 is 1.95 bits per heavy atom. The maximum atomic E-state index is 11.1. The van der Waals surface area contributed by atoms with Crippen molar-refractivity contribution >= 4 is 21.9 Å². The van der Waals surface area contributed by atoms with Crippen LogP contribution in [0.3, 0.4) is 0 Å². The molecule has 2 aromatic carbocycles. The fraction of sp³-hybridized carbons (Fsp3) is 0.188. The first-order valence-corrected chi connectivity index (χ1v) is 7.21. The third-order valence-electron chi connectivity index (χ3n) is 2.98. The normalized spacial score (nSPS) is 10.2. The van der Waals surface area contributed by atoms with E-state index in [-0.39, 0.29) is 5.56 Å². The number of aryl methyl sites for hydroxylation is 1. The number of rotatable bonds is 5. The van der Waals surface area contributed by atoms with Crippen LogP contribution in [0.5, 0.6) is 17.2 Å². The number of halogens is 1. The summed E-state index contributed by atoms with van der Waals surface area (Å²) < 4.78 is 11.7. The number of benzene rings is 2. The van der Waals surface area contributed by atoms with Gasteiger partial charge in [-0.05, 0) is 42.3 Å². The number of hydrogen-bond donors (Lipinski definition) is 1. The molecule has 0 spiro atoms. The van der Waals surface area contributed by atoms with E-state index in [2.05, 4.69) is 22.9 Å². The van der Waals surface area contributed by atoms with Gasteiger partial charge in [-0.25, -0.2) is 4.79 Å². The van der Waals surface area contributed by atoms with Crippen molar-refractivity contribution in [3.63, 3.8) is 0 Å². The molecule has 0 saturated heterocycles. The Labute approximate surface area is 131 Å². The van der Waals surface area contributed by atoms with Crippen LogP contribution in [0.4, 0.5) is 0 Å². The Bertz CT molecular complexity index is 667. The van der Waals surface area contributed by atoms with Gasteiger partial charge in [0, 0.05) is 4.47 Å². The smallest absolute Gasteiger partial charge is 0.335 e. The van der Waals surface area contributed by atoms with Gasteiger partial charge in [0.05, 0.1) is 12.7 Å². The lowest BCUT2D eigenvalue weighted by molar-refractivity contribution is 0.0696. The summed E-state index contributed by atoms with van der Waals surface area (Å²) in [6.07, 6.45) is 0.899. The molecule has 0 aliphatic heterocycles. The lowest BCUT2D eigenvalue weighted by Crippen LogP contribution is -1.97. The molecular formula is C16H15BrO4. The maximum absolute atomic E-state index is 11.1. The van der Waals surface area contributed by atoms with Gasteiger partial charge in [-0.2, -0.15) is 0 Å². The van der Waals surface area contributed by atoms with Crippen molar-refractivity contribution in [3.8, 4) is 17.2 Å². The first-order valence-electron chi connectivity index (χ1n) is 6.42. The lowest BCUT2D eigenvalue weighted by Gasteiger charge is -2.12. The first-order chi connectivity index (χ1) is 10.0. The number of aromatic carboxylic acids is 1. The molecule has 0 aromatic heterocycles. The predicted molar refractivity (Wildman–Crippen MR) is 83.5 cm³/mol. The second-order valence-electron chi connectivity index (χ2n) is 4.42. The molecule has 0 radical (unpaired) electrons. The van der Waals surface area contributed by atoms with Crippen molar-refractivity contribution in [1.29, 1.82) is 0 Å². The molecule has 0 heterocycles. The molecule has 0 fully saturated rings. The maximum Gasteiger partial charge on any atom is 0.335 e. The van der Waals surface area contributed by atoms with Gasteiger partial charge in [0.1, 0.15) is 5.75 Å². The van der Waals surface area contributed by atoms with Crippen molar-refractivity contribution in [2.45, 2.75) is 13.3 Å². The number of methoxy groups -OCH3 is 1. The van der Waals surface area contributed by atoms with E-state index in [1.165, 1.54) is 12.1 Å². The van der Waals surface area contributed by atoms with Crippen molar-refractivity contribution < 1.29 is 19.4 Å². The predicted octanol–water partition coefficient (Wildman–Crippen LogP) is 4.51. The standard InChI is InChI=1S/C16H15BrO4/c1-3-10-4-5-14(15(6-10)20-2)21-13-8-11(16(18)19)7-12(17)9-13/h4-9H,3H2,1-2H3,(H,18,19). The molecule has 2 rings (SSSR count). The summed E-state index contributed by atoms with van der Waals surface area (Å²) in [5.74, 6) is 0.592. The molecule has 2 aromatic rings. The van der Waals surface area contributed by atoms with E-state index in [1.54, 1.807) is 13.2 Å². The highest BCUT2D eigenvalue weighted by atomic mass is 79.9. The Hall–Kier alpha value is -2.01. The van der Waals surface area contributed by atoms with Crippen LogP contribution in [0.1, 0.15) is 22.8 Å². The second kappa shape index (κ2) is 6.63. The summed E-state index contributed by atoms with van der Waals surface area (Å²) in [5, 5.41) is 9.07. The van der Waals surface area contributed by atoms with E-state index in [1.807, 2.05) is 18.2 Å². The monoisotopic (exact) mass is 350 g/mol. The highest BCUT2D eigenvalue weighted by Crippen LogP contribution is 2.34. The van der Waals surface area contributed by atoms with Crippen LogP contribution >= 0.6 is 15.9 Å². The molecule has 110 valence electrons. The minimum absolute atomic E-state index is 0.156. The van der Waals surface area contributed by atoms with Crippen LogP contribution in [0.2, 0.25) is 0 Å². The third-order valence-corrected chi connectivity index (χ3v) is 3.44.